The molecule has 3 N–H and O–H groups in total. The molecule has 3 rings (SSSR count). The van der Waals surface area contributed by atoms with E-state index in [-0.39, 0.29) is 18.6 Å². The van der Waals surface area contributed by atoms with Crippen LogP contribution in [0.4, 0.5) is 5.69 Å². The van der Waals surface area contributed by atoms with E-state index in [9.17, 15) is 14.4 Å². The molecule has 10 heteroatoms. The van der Waals surface area contributed by atoms with Crippen molar-refractivity contribution in [1.29, 1.82) is 0 Å². The molecule has 1 fully saturated rings. The number of hydrogen-bond donors (Lipinski definition) is 3. The van der Waals surface area contributed by atoms with E-state index in [1.54, 1.807) is 42.5 Å². The van der Waals surface area contributed by atoms with Crippen LogP contribution < -0.4 is 20.8 Å². The number of nitrogens with zero attached hydrogens (tertiary/aromatic N) is 1. The van der Waals surface area contributed by atoms with E-state index >= 15 is 0 Å². The van der Waals surface area contributed by atoms with Crippen LogP contribution in [-0.4, -0.2) is 49.8 Å². The van der Waals surface area contributed by atoms with Crippen LogP contribution in [0.15, 0.2) is 53.6 Å². The van der Waals surface area contributed by atoms with E-state index in [0.717, 1.165) is 19.4 Å². The van der Waals surface area contributed by atoms with Gasteiger partial charge in [-0.2, -0.15) is 5.10 Å². The monoisotopic (exact) mass is 458 g/mol. The molecule has 0 spiro atoms. The lowest BCUT2D eigenvalue weighted by atomic mass is 10.2. The number of carbonyl (C=O) groups excluding carboxylic acids is 3. The van der Waals surface area contributed by atoms with Crippen molar-refractivity contribution in [3.8, 4) is 5.75 Å². The lowest BCUT2D eigenvalue weighted by Gasteiger charge is -2.11. The Balaban J connectivity index is 1.38. The standard InChI is InChI=1S/C22H23ClN4O5/c23-16-3-1-4-17(11-16)26-21(29)22(30)27-25-12-15-6-8-18(9-7-15)32-14-20(28)24-13-19-5-2-10-31-19/h1,3-4,6-9,11-12,19H,2,5,10,13-14H2,(H,24,28)(H,26,29)(H,27,30)/b25-12-/t19-/m1/s1. The second-order valence-corrected chi connectivity index (χ2v) is 7.40. The predicted octanol–water partition coefficient (Wildman–Crippen LogP) is 2.10. The zero-order valence-corrected chi connectivity index (χ0v) is 17.9. The molecule has 0 aliphatic carbocycles. The van der Waals surface area contributed by atoms with E-state index in [2.05, 4.69) is 21.2 Å². The number of hydrazone groups is 1. The third kappa shape index (κ3) is 7.68. The lowest BCUT2D eigenvalue weighted by molar-refractivity contribution is -0.136. The Kier molecular flexibility index (Phi) is 8.59. The highest BCUT2D eigenvalue weighted by molar-refractivity contribution is 6.39. The third-order valence-electron chi connectivity index (χ3n) is 4.47. The highest BCUT2D eigenvalue weighted by Crippen LogP contribution is 2.15. The van der Waals surface area contributed by atoms with Gasteiger partial charge < -0.3 is 20.1 Å². The molecular formula is C22H23ClN4O5. The molecule has 3 amide bonds. The molecule has 1 aliphatic heterocycles. The Hall–Kier alpha value is -3.43. The number of amides is 3. The number of benzene rings is 2. The average molecular weight is 459 g/mol. The summed E-state index contributed by atoms with van der Waals surface area (Å²) in [5, 5.41) is 9.40. The molecule has 168 valence electrons. The Bertz CT molecular complexity index is 975. The van der Waals surface area contributed by atoms with Crippen molar-refractivity contribution >= 4 is 41.2 Å². The van der Waals surface area contributed by atoms with Crippen molar-refractivity contribution in [1.82, 2.24) is 10.7 Å². The first kappa shape index (κ1) is 23.2. The summed E-state index contributed by atoms with van der Waals surface area (Å²) in [6.07, 6.45) is 3.44. The zero-order chi connectivity index (χ0) is 22.8. The minimum atomic E-state index is -0.921. The molecule has 1 aliphatic rings. The number of halogens is 1. The number of carbonyl (C=O) groups is 3. The van der Waals surface area contributed by atoms with Gasteiger partial charge in [-0.1, -0.05) is 17.7 Å². The molecule has 0 saturated carbocycles. The van der Waals surface area contributed by atoms with Gasteiger partial charge in [0.05, 0.1) is 12.3 Å². The van der Waals surface area contributed by atoms with Crippen molar-refractivity contribution in [3.05, 3.63) is 59.1 Å². The molecule has 1 saturated heterocycles. The third-order valence-corrected chi connectivity index (χ3v) is 4.70. The molecule has 0 bridgehead atoms. The van der Waals surface area contributed by atoms with Gasteiger partial charge in [0.15, 0.2) is 6.61 Å². The van der Waals surface area contributed by atoms with Crippen LogP contribution in [0.5, 0.6) is 5.75 Å². The van der Waals surface area contributed by atoms with Crippen molar-refractivity contribution < 1.29 is 23.9 Å². The second-order valence-electron chi connectivity index (χ2n) is 6.96. The van der Waals surface area contributed by atoms with E-state index in [1.807, 2.05) is 0 Å². The number of ether oxygens (including phenoxy) is 2. The van der Waals surface area contributed by atoms with Crippen molar-refractivity contribution in [2.24, 2.45) is 5.10 Å². The first-order chi connectivity index (χ1) is 15.5. The molecule has 1 atom stereocenters. The van der Waals surface area contributed by atoms with Crippen LogP contribution in [0.1, 0.15) is 18.4 Å². The lowest BCUT2D eigenvalue weighted by Crippen LogP contribution is -2.35. The normalized spacial score (nSPS) is 15.3. The second kappa shape index (κ2) is 11.8. The van der Waals surface area contributed by atoms with Gasteiger partial charge in [0.25, 0.3) is 5.91 Å². The van der Waals surface area contributed by atoms with Gasteiger partial charge >= 0.3 is 11.8 Å². The van der Waals surface area contributed by atoms with Gasteiger partial charge in [-0.15, -0.1) is 0 Å². The van der Waals surface area contributed by atoms with Crippen molar-refractivity contribution in [3.63, 3.8) is 0 Å². The highest BCUT2D eigenvalue weighted by Gasteiger charge is 2.16. The first-order valence-electron chi connectivity index (χ1n) is 10.0. The summed E-state index contributed by atoms with van der Waals surface area (Å²) >= 11 is 5.84. The molecular weight excluding hydrogens is 436 g/mol. The minimum Gasteiger partial charge on any atom is -0.484 e. The maximum Gasteiger partial charge on any atom is 0.329 e. The van der Waals surface area contributed by atoms with Crippen molar-refractivity contribution in [2.75, 3.05) is 25.1 Å². The molecule has 0 aromatic heterocycles. The Morgan fingerprint density at radius 1 is 1.16 bits per heavy atom. The van der Waals surface area contributed by atoms with E-state index < -0.39 is 11.8 Å². The summed E-state index contributed by atoms with van der Waals surface area (Å²) in [5.74, 6) is -1.50. The van der Waals surface area contributed by atoms with Crippen LogP contribution in [0.3, 0.4) is 0 Å². The predicted molar refractivity (Wildman–Crippen MR) is 120 cm³/mol. The number of rotatable bonds is 8. The molecule has 2 aromatic carbocycles. The number of nitrogens with one attached hydrogen (secondary N) is 3. The van der Waals surface area contributed by atoms with E-state index in [1.165, 1.54) is 12.3 Å². The van der Waals surface area contributed by atoms with E-state index in [0.29, 0.717) is 28.6 Å². The number of anilines is 1. The van der Waals surface area contributed by atoms with Gasteiger partial charge in [0.2, 0.25) is 0 Å². The topological polar surface area (TPSA) is 118 Å². The fraction of sp³-hybridized carbons (Fsp3) is 0.273. The molecule has 9 nitrogen and oxygen atoms in total. The van der Waals surface area contributed by atoms with Gasteiger partial charge in [-0.3, -0.25) is 14.4 Å². The molecule has 0 unspecified atom stereocenters. The summed E-state index contributed by atoms with van der Waals surface area (Å²) in [6.45, 7) is 1.13. The SMILES string of the molecule is O=C(COc1ccc(/C=N\NC(=O)C(=O)Nc2cccc(Cl)c2)cc1)NC[C@H]1CCCO1. The summed E-state index contributed by atoms with van der Waals surface area (Å²) in [5.41, 5.74) is 3.21. The van der Waals surface area contributed by atoms with Crippen LogP contribution in [0.25, 0.3) is 0 Å². The quantitative estimate of drug-likeness (QED) is 0.318. The van der Waals surface area contributed by atoms with Gasteiger partial charge in [-0.05, 0) is 60.9 Å². The maximum atomic E-state index is 11.9. The zero-order valence-electron chi connectivity index (χ0n) is 17.2. The van der Waals surface area contributed by atoms with Gasteiger partial charge in [0, 0.05) is 23.9 Å². The van der Waals surface area contributed by atoms with Crippen LogP contribution in [0.2, 0.25) is 5.02 Å². The fourth-order valence-corrected chi connectivity index (χ4v) is 3.04. The van der Waals surface area contributed by atoms with Crippen LogP contribution in [0, 0.1) is 0 Å². The Labute approximate surface area is 190 Å². The summed E-state index contributed by atoms with van der Waals surface area (Å²) in [4.78, 5) is 35.5. The molecule has 2 aromatic rings. The summed E-state index contributed by atoms with van der Waals surface area (Å²) in [7, 11) is 0. The van der Waals surface area contributed by atoms with Crippen LogP contribution in [-0.2, 0) is 19.1 Å². The minimum absolute atomic E-state index is 0.0842. The van der Waals surface area contributed by atoms with Gasteiger partial charge in [0.1, 0.15) is 5.75 Å². The van der Waals surface area contributed by atoms with Crippen LogP contribution >= 0.6 is 11.6 Å². The molecule has 32 heavy (non-hydrogen) atoms. The Morgan fingerprint density at radius 3 is 2.69 bits per heavy atom. The molecule has 0 radical (unpaired) electrons. The summed E-state index contributed by atoms with van der Waals surface area (Å²) < 4.78 is 10.9. The first-order valence-corrected chi connectivity index (χ1v) is 10.4. The Morgan fingerprint density at radius 2 is 1.97 bits per heavy atom. The maximum absolute atomic E-state index is 11.9. The fourth-order valence-electron chi connectivity index (χ4n) is 2.85. The summed E-state index contributed by atoms with van der Waals surface area (Å²) in [6, 6.07) is 13.2. The van der Waals surface area contributed by atoms with Gasteiger partial charge in [-0.25, -0.2) is 5.43 Å². The smallest absolute Gasteiger partial charge is 0.329 e. The average Bonchev–Trinajstić information content (AvgIpc) is 3.31. The van der Waals surface area contributed by atoms with E-state index in [4.69, 9.17) is 21.1 Å². The van der Waals surface area contributed by atoms with Crippen molar-refractivity contribution in [2.45, 2.75) is 18.9 Å². The largest absolute Gasteiger partial charge is 0.484 e. The highest BCUT2D eigenvalue weighted by atomic mass is 35.5. The molecule has 1 heterocycles. The number of hydrogen-bond acceptors (Lipinski definition) is 6.